The van der Waals surface area contributed by atoms with E-state index in [0.29, 0.717) is 12.8 Å². The normalized spacial score (nSPS) is 31.0. The van der Waals surface area contributed by atoms with Crippen LogP contribution in [0, 0.1) is 5.92 Å². The Morgan fingerprint density at radius 2 is 2.03 bits per heavy atom. The molecular formula is C22H26F3N5O. The Morgan fingerprint density at radius 3 is 2.77 bits per heavy atom. The van der Waals surface area contributed by atoms with Gasteiger partial charge in [0.2, 0.25) is 0 Å². The molecule has 0 bridgehead atoms. The van der Waals surface area contributed by atoms with Crippen molar-refractivity contribution in [2.24, 2.45) is 5.92 Å². The average Bonchev–Trinajstić information content (AvgIpc) is 3.47. The van der Waals surface area contributed by atoms with Gasteiger partial charge in [-0.05, 0) is 36.1 Å². The lowest BCUT2D eigenvalue weighted by molar-refractivity contribution is 0.0146. The molecule has 0 amide bonds. The van der Waals surface area contributed by atoms with Gasteiger partial charge in [-0.25, -0.2) is 23.6 Å². The number of H-pyrrole nitrogens is 1. The first-order chi connectivity index (χ1) is 14.8. The number of imidazole rings is 1. The molecule has 1 aromatic heterocycles. The van der Waals surface area contributed by atoms with E-state index in [1.165, 1.54) is 12.1 Å². The van der Waals surface area contributed by atoms with Gasteiger partial charge < -0.3 is 15.4 Å². The van der Waals surface area contributed by atoms with Gasteiger partial charge in [0.1, 0.15) is 17.7 Å². The minimum absolute atomic E-state index is 0.0522. The van der Waals surface area contributed by atoms with Crippen molar-refractivity contribution < 1.29 is 18.3 Å². The van der Waals surface area contributed by atoms with Crippen molar-refractivity contribution in [3.8, 4) is 5.75 Å². The monoisotopic (exact) mass is 433 g/mol. The van der Waals surface area contributed by atoms with E-state index < -0.39 is 24.1 Å². The number of rotatable bonds is 4. The second-order valence-electron chi connectivity index (χ2n) is 8.79. The number of halogens is 3. The second kappa shape index (κ2) is 7.65. The van der Waals surface area contributed by atoms with Crippen LogP contribution in [-0.4, -0.2) is 40.4 Å². The molecule has 1 aliphatic carbocycles. The number of hydrazine groups is 1. The van der Waals surface area contributed by atoms with Crippen molar-refractivity contribution >= 4 is 5.57 Å². The van der Waals surface area contributed by atoms with Crippen LogP contribution in [0.1, 0.15) is 54.4 Å². The standard InChI is InChI=1S/C22H26F3N5O/c1-22(24,25)16-8-12(31)2-3-13(16)14-4-5-15-19(18(14)23)29-30-20(15)21-27-10-17(28-21)11-6-7-26-9-11/h2-3,6,8,10,14-15,18-20,26,29-31H,4-5,7,9H2,1H3,(H,27,28). The van der Waals surface area contributed by atoms with Crippen LogP contribution in [0.15, 0.2) is 30.5 Å². The summed E-state index contributed by atoms with van der Waals surface area (Å²) in [4.78, 5) is 7.87. The predicted octanol–water partition coefficient (Wildman–Crippen LogP) is 3.26. The number of phenols is 1. The van der Waals surface area contributed by atoms with Crippen molar-refractivity contribution in [3.63, 3.8) is 0 Å². The summed E-state index contributed by atoms with van der Waals surface area (Å²) in [6.45, 7) is 2.40. The van der Waals surface area contributed by atoms with E-state index in [0.717, 1.165) is 43.2 Å². The van der Waals surface area contributed by atoms with Crippen molar-refractivity contribution in [3.05, 3.63) is 53.1 Å². The molecule has 3 heterocycles. The zero-order chi connectivity index (χ0) is 21.8. The fraction of sp³-hybridized carbons (Fsp3) is 0.500. The molecule has 3 aliphatic rings. The van der Waals surface area contributed by atoms with Gasteiger partial charge in [-0.3, -0.25) is 5.43 Å². The Kier molecular flexibility index (Phi) is 5.07. The number of hydrogen-bond acceptors (Lipinski definition) is 5. The molecule has 9 heteroatoms. The molecule has 2 fully saturated rings. The Morgan fingerprint density at radius 1 is 1.19 bits per heavy atom. The highest BCUT2D eigenvalue weighted by molar-refractivity contribution is 5.65. The Labute approximate surface area is 178 Å². The van der Waals surface area contributed by atoms with Gasteiger partial charge in [0.25, 0.3) is 5.92 Å². The first-order valence-corrected chi connectivity index (χ1v) is 10.6. The van der Waals surface area contributed by atoms with Crippen LogP contribution in [0.5, 0.6) is 5.75 Å². The first kappa shape index (κ1) is 20.5. The third kappa shape index (κ3) is 3.64. The molecule has 2 aromatic rings. The molecule has 31 heavy (non-hydrogen) atoms. The SMILES string of the molecule is CC(F)(F)c1cc(O)ccc1C1CCC2C(c3ncc(C4=CCNC4)[nH]3)NNC2C1F. The number of nitrogens with zero attached hydrogens (tertiary/aromatic N) is 1. The molecule has 2 aliphatic heterocycles. The highest BCUT2D eigenvalue weighted by Gasteiger charge is 2.49. The van der Waals surface area contributed by atoms with Crippen molar-refractivity contribution in [2.45, 2.75) is 49.9 Å². The fourth-order valence-corrected chi connectivity index (χ4v) is 5.23. The maximum absolute atomic E-state index is 15.6. The summed E-state index contributed by atoms with van der Waals surface area (Å²) in [7, 11) is 0. The molecule has 0 radical (unpaired) electrons. The molecule has 1 saturated carbocycles. The van der Waals surface area contributed by atoms with Crippen LogP contribution in [0.25, 0.3) is 5.57 Å². The average molecular weight is 433 g/mol. The minimum Gasteiger partial charge on any atom is -0.508 e. The molecular weight excluding hydrogens is 407 g/mol. The number of nitrogens with one attached hydrogen (secondary N) is 4. The van der Waals surface area contributed by atoms with E-state index in [-0.39, 0.29) is 28.8 Å². The van der Waals surface area contributed by atoms with E-state index in [4.69, 9.17) is 0 Å². The number of aromatic amines is 1. The van der Waals surface area contributed by atoms with E-state index >= 15 is 4.39 Å². The maximum Gasteiger partial charge on any atom is 0.270 e. The fourth-order valence-electron chi connectivity index (χ4n) is 5.23. The van der Waals surface area contributed by atoms with Crippen molar-refractivity contribution in [2.75, 3.05) is 13.1 Å². The van der Waals surface area contributed by atoms with Gasteiger partial charge in [-0.15, -0.1) is 0 Å². The van der Waals surface area contributed by atoms with E-state index in [2.05, 4.69) is 32.2 Å². The zero-order valence-corrected chi connectivity index (χ0v) is 17.1. The molecule has 5 N–H and O–H groups in total. The third-order valence-corrected chi connectivity index (χ3v) is 6.79. The quantitative estimate of drug-likeness (QED) is 0.511. The second-order valence-corrected chi connectivity index (χ2v) is 8.79. The van der Waals surface area contributed by atoms with Crippen LogP contribution in [0.4, 0.5) is 13.2 Å². The maximum atomic E-state index is 15.6. The van der Waals surface area contributed by atoms with Gasteiger partial charge in [-0.1, -0.05) is 12.1 Å². The lowest BCUT2D eigenvalue weighted by atomic mass is 9.71. The van der Waals surface area contributed by atoms with Crippen molar-refractivity contribution in [1.82, 2.24) is 26.1 Å². The molecule has 166 valence electrons. The van der Waals surface area contributed by atoms with Crippen LogP contribution in [0.3, 0.4) is 0 Å². The number of alkyl halides is 3. The molecule has 0 spiro atoms. The van der Waals surface area contributed by atoms with Gasteiger partial charge in [0.15, 0.2) is 0 Å². The summed E-state index contributed by atoms with van der Waals surface area (Å²) in [6.07, 6.45) is 3.67. The van der Waals surface area contributed by atoms with Gasteiger partial charge >= 0.3 is 0 Å². The first-order valence-electron chi connectivity index (χ1n) is 10.6. The predicted molar refractivity (Wildman–Crippen MR) is 110 cm³/mol. The number of phenolic OH excluding ortho intramolecular Hbond substituents is 1. The molecule has 5 atom stereocenters. The number of aromatic hydroxyl groups is 1. The molecule has 1 aromatic carbocycles. The number of aromatic nitrogens is 2. The van der Waals surface area contributed by atoms with Crippen LogP contribution in [0.2, 0.25) is 0 Å². The minimum atomic E-state index is -3.16. The number of benzene rings is 1. The summed E-state index contributed by atoms with van der Waals surface area (Å²) >= 11 is 0. The van der Waals surface area contributed by atoms with Crippen LogP contribution < -0.4 is 16.2 Å². The highest BCUT2D eigenvalue weighted by atomic mass is 19.3. The largest absolute Gasteiger partial charge is 0.508 e. The van der Waals surface area contributed by atoms with Gasteiger partial charge in [0.05, 0.1) is 24.0 Å². The summed E-state index contributed by atoms with van der Waals surface area (Å²) in [5.74, 6) is -3.38. The van der Waals surface area contributed by atoms with Crippen LogP contribution in [-0.2, 0) is 5.92 Å². The number of hydrogen-bond donors (Lipinski definition) is 5. The zero-order valence-electron chi connectivity index (χ0n) is 17.1. The van der Waals surface area contributed by atoms with Crippen LogP contribution >= 0.6 is 0 Å². The molecule has 5 unspecified atom stereocenters. The summed E-state index contributed by atoms with van der Waals surface area (Å²) in [5, 5.41) is 12.9. The summed E-state index contributed by atoms with van der Waals surface area (Å²) in [5.41, 5.74) is 8.29. The van der Waals surface area contributed by atoms with E-state index in [9.17, 15) is 13.9 Å². The van der Waals surface area contributed by atoms with Gasteiger partial charge in [0, 0.05) is 37.4 Å². The Balaban J connectivity index is 1.37. The van der Waals surface area contributed by atoms with Crippen molar-refractivity contribution in [1.29, 1.82) is 0 Å². The lowest BCUT2D eigenvalue weighted by Crippen LogP contribution is -2.45. The third-order valence-electron chi connectivity index (χ3n) is 6.79. The van der Waals surface area contributed by atoms with Gasteiger partial charge in [-0.2, -0.15) is 0 Å². The topological polar surface area (TPSA) is 85.0 Å². The lowest BCUT2D eigenvalue weighted by Gasteiger charge is -2.37. The molecule has 5 rings (SSSR count). The summed E-state index contributed by atoms with van der Waals surface area (Å²) in [6, 6.07) is 3.14. The number of fused-ring (bicyclic) bond motifs is 1. The highest BCUT2D eigenvalue weighted by Crippen LogP contribution is 2.47. The molecule has 6 nitrogen and oxygen atoms in total. The summed E-state index contributed by atoms with van der Waals surface area (Å²) < 4.78 is 44.0. The smallest absolute Gasteiger partial charge is 0.270 e. The Hall–Kier alpha value is -2.36. The molecule has 1 saturated heterocycles. The van der Waals surface area contributed by atoms with E-state index in [1.807, 2.05) is 0 Å². The van der Waals surface area contributed by atoms with E-state index in [1.54, 1.807) is 6.20 Å². The Bertz CT molecular complexity index is 1000.